The normalized spacial score (nSPS) is 16.4. The SMILES string of the molecule is CCCCN(C)c1ccc(-c2cccc(CN(C(=O)c3cccs3)C3CCC(N)CC3)c2)cc1NC(=O)c1ccc(Cl)nc1. The topological polar surface area (TPSA) is 91.6 Å². The number of hydrogen-bond donors (Lipinski definition) is 2. The first-order valence-corrected chi connectivity index (χ1v) is 16.6. The van der Waals surface area contributed by atoms with Crippen molar-refractivity contribution in [1.82, 2.24) is 9.88 Å². The molecule has 2 heterocycles. The number of aromatic nitrogens is 1. The van der Waals surface area contributed by atoms with Gasteiger partial charge in [-0.15, -0.1) is 11.3 Å². The van der Waals surface area contributed by atoms with Crippen molar-refractivity contribution < 1.29 is 9.59 Å². The summed E-state index contributed by atoms with van der Waals surface area (Å²) in [4.78, 5) is 35.9. The van der Waals surface area contributed by atoms with Crippen LogP contribution < -0.4 is 16.0 Å². The highest BCUT2D eigenvalue weighted by Crippen LogP contribution is 2.33. The van der Waals surface area contributed by atoms with Gasteiger partial charge in [0.05, 0.1) is 21.8 Å². The van der Waals surface area contributed by atoms with Gasteiger partial charge < -0.3 is 20.9 Å². The van der Waals surface area contributed by atoms with Gasteiger partial charge in [-0.1, -0.05) is 55.3 Å². The van der Waals surface area contributed by atoms with Gasteiger partial charge in [0.15, 0.2) is 0 Å². The second-order valence-corrected chi connectivity index (χ2v) is 12.8. The molecule has 2 amide bonds. The summed E-state index contributed by atoms with van der Waals surface area (Å²) in [6, 6.07) is 22.0. The molecule has 1 saturated carbocycles. The fraction of sp³-hybridized carbons (Fsp3) is 0.343. The van der Waals surface area contributed by atoms with Crippen LogP contribution in [0.4, 0.5) is 11.4 Å². The van der Waals surface area contributed by atoms with E-state index in [0.717, 1.165) is 78.0 Å². The summed E-state index contributed by atoms with van der Waals surface area (Å²) >= 11 is 7.43. The zero-order chi connectivity index (χ0) is 31.1. The van der Waals surface area contributed by atoms with Crippen molar-refractivity contribution in [2.75, 3.05) is 23.8 Å². The van der Waals surface area contributed by atoms with Crippen LogP contribution in [0.5, 0.6) is 0 Å². The molecule has 0 atom stereocenters. The monoisotopic (exact) mass is 629 g/mol. The van der Waals surface area contributed by atoms with Gasteiger partial charge in [0.1, 0.15) is 5.15 Å². The third-order valence-electron chi connectivity index (χ3n) is 8.28. The fourth-order valence-electron chi connectivity index (χ4n) is 5.74. The minimum atomic E-state index is -0.250. The van der Waals surface area contributed by atoms with Gasteiger partial charge in [0.2, 0.25) is 0 Å². The van der Waals surface area contributed by atoms with Gasteiger partial charge >= 0.3 is 0 Å². The number of hydrogen-bond acceptors (Lipinski definition) is 6. The van der Waals surface area contributed by atoms with Crippen molar-refractivity contribution in [3.63, 3.8) is 0 Å². The Labute approximate surface area is 269 Å². The quantitative estimate of drug-likeness (QED) is 0.165. The molecular formula is C35H40ClN5O2S. The zero-order valence-electron chi connectivity index (χ0n) is 25.3. The van der Waals surface area contributed by atoms with E-state index in [1.165, 1.54) is 17.5 Å². The van der Waals surface area contributed by atoms with Crippen LogP contribution in [0, 0.1) is 0 Å². The zero-order valence-corrected chi connectivity index (χ0v) is 26.9. The minimum Gasteiger partial charge on any atom is -0.373 e. The highest BCUT2D eigenvalue weighted by atomic mass is 35.5. The van der Waals surface area contributed by atoms with Crippen molar-refractivity contribution in [2.45, 2.75) is 64.1 Å². The van der Waals surface area contributed by atoms with Crippen LogP contribution in [0.3, 0.4) is 0 Å². The molecule has 0 unspecified atom stereocenters. The Morgan fingerprint density at radius 2 is 1.82 bits per heavy atom. The van der Waals surface area contributed by atoms with Crippen LogP contribution >= 0.6 is 22.9 Å². The van der Waals surface area contributed by atoms with Gasteiger partial charge in [-0.2, -0.15) is 0 Å². The van der Waals surface area contributed by atoms with E-state index in [9.17, 15) is 9.59 Å². The first-order chi connectivity index (χ1) is 21.3. The largest absolute Gasteiger partial charge is 0.373 e. The number of amides is 2. The Bertz CT molecular complexity index is 1550. The van der Waals surface area contributed by atoms with Crippen molar-refractivity contribution in [2.24, 2.45) is 5.73 Å². The number of pyridine rings is 1. The van der Waals surface area contributed by atoms with Gasteiger partial charge in [-0.05, 0) is 90.6 Å². The van der Waals surface area contributed by atoms with Gasteiger partial charge in [-0.3, -0.25) is 9.59 Å². The highest BCUT2D eigenvalue weighted by molar-refractivity contribution is 7.12. The van der Waals surface area contributed by atoms with Crippen LogP contribution in [-0.2, 0) is 6.54 Å². The lowest BCUT2D eigenvalue weighted by Gasteiger charge is -2.36. The molecule has 0 bridgehead atoms. The summed E-state index contributed by atoms with van der Waals surface area (Å²) in [5.41, 5.74) is 11.3. The van der Waals surface area contributed by atoms with E-state index in [0.29, 0.717) is 17.3 Å². The van der Waals surface area contributed by atoms with Crippen LogP contribution in [0.1, 0.15) is 71.0 Å². The number of nitrogens with one attached hydrogen (secondary N) is 1. The molecule has 230 valence electrons. The molecule has 1 fully saturated rings. The molecule has 0 aliphatic heterocycles. The number of rotatable bonds is 11. The van der Waals surface area contributed by atoms with E-state index in [-0.39, 0.29) is 23.9 Å². The lowest BCUT2D eigenvalue weighted by molar-refractivity contribution is 0.0611. The molecule has 44 heavy (non-hydrogen) atoms. The van der Waals surface area contributed by atoms with Crippen LogP contribution in [0.15, 0.2) is 78.3 Å². The number of anilines is 2. The van der Waals surface area contributed by atoms with E-state index >= 15 is 0 Å². The maximum atomic E-state index is 13.7. The first kappa shape index (κ1) is 31.7. The molecule has 5 rings (SSSR count). The van der Waals surface area contributed by atoms with Crippen LogP contribution in [0.25, 0.3) is 11.1 Å². The maximum absolute atomic E-state index is 13.7. The standard InChI is InChI=1S/C35H40ClN5O2S/c1-3-4-18-40(2)31-16-10-26(21-30(31)39-34(42)27-11-17-33(36)38-22-27)25-8-5-7-24(20-25)23-41(29-14-12-28(37)13-15-29)35(43)32-9-6-19-44-32/h5-11,16-17,19-22,28-29H,3-4,12-15,18,23,37H2,1-2H3,(H,39,42). The maximum Gasteiger partial charge on any atom is 0.264 e. The average molecular weight is 630 g/mol. The summed E-state index contributed by atoms with van der Waals surface area (Å²) < 4.78 is 0. The molecule has 1 aliphatic carbocycles. The number of halogens is 1. The Kier molecular flexibility index (Phi) is 10.7. The second kappa shape index (κ2) is 14.8. The molecule has 9 heteroatoms. The van der Waals surface area contributed by atoms with E-state index in [2.05, 4.69) is 52.5 Å². The fourth-order valence-corrected chi connectivity index (χ4v) is 6.53. The number of nitrogens with two attached hydrogens (primary N) is 1. The summed E-state index contributed by atoms with van der Waals surface area (Å²) in [5.74, 6) is -0.174. The predicted octanol–water partition coefficient (Wildman–Crippen LogP) is 7.86. The molecule has 4 aromatic rings. The Hall–Kier alpha value is -3.72. The number of unbranched alkanes of at least 4 members (excludes halogenated alkanes) is 1. The van der Waals surface area contributed by atoms with Crippen molar-refractivity contribution >= 4 is 46.1 Å². The molecular weight excluding hydrogens is 590 g/mol. The number of carbonyl (C=O) groups excluding carboxylic acids is 2. The Balaban J connectivity index is 1.43. The second-order valence-electron chi connectivity index (χ2n) is 11.5. The average Bonchev–Trinajstić information content (AvgIpc) is 3.58. The van der Waals surface area contributed by atoms with Crippen molar-refractivity contribution in [3.8, 4) is 11.1 Å². The van der Waals surface area contributed by atoms with E-state index in [1.54, 1.807) is 12.1 Å². The van der Waals surface area contributed by atoms with Gasteiger partial charge in [0, 0.05) is 38.4 Å². The summed E-state index contributed by atoms with van der Waals surface area (Å²) in [5, 5.41) is 5.40. The van der Waals surface area contributed by atoms with Crippen LogP contribution in [-0.4, -0.2) is 47.4 Å². The van der Waals surface area contributed by atoms with Gasteiger partial charge in [-0.25, -0.2) is 4.98 Å². The van der Waals surface area contributed by atoms with Crippen molar-refractivity contribution in [3.05, 3.63) is 99.5 Å². The lowest BCUT2D eigenvalue weighted by Crippen LogP contribution is -2.43. The van der Waals surface area contributed by atoms with Crippen LogP contribution in [0.2, 0.25) is 5.15 Å². The third-order valence-corrected chi connectivity index (χ3v) is 9.36. The Morgan fingerprint density at radius 1 is 1.02 bits per heavy atom. The van der Waals surface area contributed by atoms with E-state index in [1.807, 2.05) is 41.6 Å². The molecule has 0 spiro atoms. The summed E-state index contributed by atoms with van der Waals surface area (Å²) in [6.45, 7) is 3.56. The molecule has 0 radical (unpaired) electrons. The lowest BCUT2D eigenvalue weighted by atomic mass is 9.90. The van der Waals surface area contributed by atoms with E-state index < -0.39 is 0 Å². The van der Waals surface area contributed by atoms with Crippen molar-refractivity contribution in [1.29, 1.82) is 0 Å². The molecule has 0 saturated heterocycles. The summed E-state index contributed by atoms with van der Waals surface area (Å²) in [7, 11) is 2.04. The third kappa shape index (κ3) is 7.86. The number of carbonyl (C=O) groups is 2. The minimum absolute atomic E-state index is 0.0760. The molecule has 3 N–H and O–H groups in total. The molecule has 7 nitrogen and oxygen atoms in total. The Morgan fingerprint density at radius 3 is 2.52 bits per heavy atom. The number of benzene rings is 2. The summed E-state index contributed by atoms with van der Waals surface area (Å²) in [6.07, 6.45) is 7.29. The highest BCUT2D eigenvalue weighted by Gasteiger charge is 2.29. The number of nitrogens with zero attached hydrogens (tertiary/aromatic N) is 3. The smallest absolute Gasteiger partial charge is 0.264 e. The van der Waals surface area contributed by atoms with E-state index in [4.69, 9.17) is 17.3 Å². The van der Waals surface area contributed by atoms with Gasteiger partial charge in [0.25, 0.3) is 11.8 Å². The molecule has 2 aromatic heterocycles. The molecule has 1 aliphatic rings. The number of thiophene rings is 1. The molecule has 2 aromatic carbocycles. The predicted molar refractivity (Wildman–Crippen MR) is 182 cm³/mol. The first-order valence-electron chi connectivity index (χ1n) is 15.3.